The van der Waals surface area contributed by atoms with Crippen LogP contribution in [-0.4, -0.2) is 56.2 Å². The van der Waals surface area contributed by atoms with E-state index < -0.39 is 0 Å². The Balaban J connectivity index is 2.29. The van der Waals surface area contributed by atoms with Crippen LogP contribution in [0.25, 0.3) is 0 Å². The molecule has 0 aliphatic rings. The summed E-state index contributed by atoms with van der Waals surface area (Å²) in [6.07, 6.45) is 1.36. The number of carbonyl (C=O) groups excluding carboxylic acids is 1. The zero-order chi connectivity index (χ0) is 14.3. The maximum Gasteiger partial charge on any atom is 0.253 e. The molecule has 1 aromatic heterocycles. The van der Waals surface area contributed by atoms with Crippen LogP contribution in [0.3, 0.4) is 0 Å². The highest BCUT2D eigenvalue weighted by atomic mass is 35.5. The number of nitrogens with zero attached hydrogens (tertiary/aromatic N) is 2. The third-order valence-electron chi connectivity index (χ3n) is 2.34. The molecular formula is C12H19ClN4O2. The van der Waals surface area contributed by atoms with E-state index in [0.29, 0.717) is 25.3 Å². The summed E-state index contributed by atoms with van der Waals surface area (Å²) in [5, 5.41) is 2.99. The molecule has 1 rings (SSSR count). The number of carbonyl (C=O) groups is 1. The third-order valence-corrected chi connectivity index (χ3v) is 2.64. The summed E-state index contributed by atoms with van der Waals surface area (Å²) in [6, 6.07) is 1.45. The quantitative estimate of drug-likeness (QED) is 0.719. The Hall–Kier alpha value is -1.37. The van der Waals surface area contributed by atoms with Crippen molar-refractivity contribution in [1.29, 1.82) is 0 Å². The molecule has 0 aromatic carbocycles. The highest BCUT2D eigenvalue weighted by Gasteiger charge is 2.10. The molecule has 19 heavy (non-hydrogen) atoms. The number of anilines is 1. The number of pyridine rings is 1. The molecule has 106 valence electrons. The molecule has 0 saturated carbocycles. The average Bonchev–Trinajstić information content (AvgIpc) is 2.36. The van der Waals surface area contributed by atoms with E-state index in [2.05, 4.69) is 10.3 Å². The second-order valence-electron chi connectivity index (χ2n) is 4.26. The minimum Gasteiger partial charge on any atom is -0.384 e. The van der Waals surface area contributed by atoms with Crippen molar-refractivity contribution in [1.82, 2.24) is 15.2 Å². The van der Waals surface area contributed by atoms with Crippen LogP contribution in [0, 0.1) is 0 Å². The average molecular weight is 287 g/mol. The van der Waals surface area contributed by atoms with Gasteiger partial charge in [0.05, 0.1) is 23.8 Å². The highest BCUT2D eigenvalue weighted by Crippen LogP contribution is 2.15. The van der Waals surface area contributed by atoms with Gasteiger partial charge in [0.15, 0.2) is 0 Å². The van der Waals surface area contributed by atoms with Gasteiger partial charge in [-0.3, -0.25) is 4.79 Å². The molecule has 1 heterocycles. The normalized spacial score (nSPS) is 10.7. The number of halogens is 1. The minimum absolute atomic E-state index is 0.261. The van der Waals surface area contributed by atoms with E-state index in [1.807, 2.05) is 19.0 Å². The lowest BCUT2D eigenvalue weighted by atomic mass is 10.2. The molecule has 0 spiro atoms. The number of nitrogens with one attached hydrogen (secondary N) is 1. The van der Waals surface area contributed by atoms with Crippen molar-refractivity contribution in [3.05, 3.63) is 22.8 Å². The van der Waals surface area contributed by atoms with Gasteiger partial charge in [0, 0.05) is 19.3 Å². The van der Waals surface area contributed by atoms with Gasteiger partial charge in [0.1, 0.15) is 5.82 Å². The van der Waals surface area contributed by atoms with Crippen LogP contribution in [0.4, 0.5) is 5.82 Å². The zero-order valence-electron chi connectivity index (χ0n) is 11.1. The number of amides is 1. The van der Waals surface area contributed by atoms with Crippen molar-refractivity contribution in [2.45, 2.75) is 0 Å². The van der Waals surface area contributed by atoms with E-state index in [4.69, 9.17) is 22.1 Å². The van der Waals surface area contributed by atoms with Gasteiger partial charge in [-0.2, -0.15) is 0 Å². The minimum atomic E-state index is -0.282. The second-order valence-corrected chi connectivity index (χ2v) is 4.67. The van der Waals surface area contributed by atoms with Crippen LogP contribution in [0.15, 0.2) is 12.3 Å². The number of nitrogens with two attached hydrogens (primary N) is 1. The molecule has 0 aliphatic carbocycles. The Morgan fingerprint density at radius 2 is 2.26 bits per heavy atom. The Bertz CT molecular complexity index is 426. The molecule has 0 bridgehead atoms. The predicted octanol–water partition coefficient (Wildman–Crippen LogP) is 0.625. The van der Waals surface area contributed by atoms with E-state index in [1.54, 1.807) is 0 Å². The summed E-state index contributed by atoms with van der Waals surface area (Å²) in [4.78, 5) is 17.6. The lowest BCUT2D eigenvalue weighted by molar-refractivity contribution is 0.0900. The van der Waals surface area contributed by atoms with Crippen molar-refractivity contribution < 1.29 is 9.53 Å². The van der Waals surface area contributed by atoms with E-state index in [-0.39, 0.29) is 16.7 Å². The Morgan fingerprint density at radius 1 is 1.53 bits per heavy atom. The summed E-state index contributed by atoms with van der Waals surface area (Å²) < 4.78 is 5.36. The number of hydrogen-bond donors (Lipinski definition) is 2. The third kappa shape index (κ3) is 5.87. The van der Waals surface area contributed by atoms with Crippen LogP contribution in [0.1, 0.15) is 10.4 Å². The van der Waals surface area contributed by atoms with Crippen LogP contribution >= 0.6 is 11.6 Å². The van der Waals surface area contributed by atoms with Crippen LogP contribution < -0.4 is 11.1 Å². The number of rotatable bonds is 7. The zero-order valence-corrected chi connectivity index (χ0v) is 11.9. The smallest absolute Gasteiger partial charge is 0.253 e. The lowest BCUT2D eigenvalue weighted by Gasteiger charge is -2.10. The number of likely N-dealkylation sites (N-methyl/N-ethyl adjacent to an activating group) is 1. The van der Waals surface area contributed by atoms with Crippen molar-refractivity contribution in [3.8, 4) is 0 Å². The molecule has 0 radical (unpaired) electrons. The van der Waals surface area contributed by atoms with Crippen LogP contribution in [0.5, 0.6) is 0 Å². The first-order chi connectivity index (χ1) is 9.00. The molecule has 6 nitrogen and oxygen atoms in total. The molecule has 1 aromatic rings. The first-order valence-electron chi connectivity index (χ1n) is 5.92. The van der Waals surface area contributed by atoms with E-state index in [1.165, 1.54) is 12.3 Å². The van der Waals surface area contributed by atoms with Gasteiger partial charge >= 0.3 is 0 Å². The molecular weight excluding hydrogens is 268 g/mol. The summed E-state index contributed by atoms with van der Waals surface area (Å²) in [7, 11) is 3.95. The summed E-state index contributed by atoms with van der Waals surface area (Å²) >= 11 is 5.87. The summed E-state index contributed by atoms with van der Waals surface area (Å²) in [5.74, 6) is -0.0212. The molecule has 0 fully saturated rings. The molecule has 7 heteroatoms. The fourth-order valence-electron chi connectivity index (χ4n) is 1.31. The van der Waals surface area contributed by atoms with Gasteiger partial charge in [-0.05, 0) is 20.2 Å². The summed E-state index contributed by atoms with van der Waals surface area (Å²) in [5.41, 5.74) is 5.83. The Morgan fingerprint density at radius 3 is 2.95 bits per heavy atom. The molecule has 1 amide bonds. The standard InChI is InChI=1S/C12H19ClN4O2/c1-17(2)4-6-19-5-3-15-12(18)9-7-11(14)16-8-10(9)13/h7-8H,3-6H2,1-2H3,(H2,14,16)(H,15,18). The molecule has 0 atom stereocenters. The second kappa shape index (κ2) is 7.93. The van der Waals surface area contributed by atoms with Gasteiger partial charge in [0.25, 0.3) is 5.91 Å². The molecule has 0 aliphatic heterocycles. The van der Waals surface area contributed by atoms with Gasteiger partial charge < -0.3 is 20.7 Å². The lowest BCUT2D eigenvalue weighted by Crippen LogP contribution is -2.28. The monoisotopic (exact) mass is 286 g/mol. The van der Waals surface area contributed by atoms with Crippen molar-refractivity contribution in [3.63, 3.8) is 0 Å². The van der Waals surface area contributed by atoms with E-state index in [9.17, 15) is 4.79 Å². The predicted molar refractivity (Wildman–Crippen MR) is 75.4 cm³/mol. The van der Waals surface area contributed by atoms with E-state index in [0.717, 1.165) is 6.54 Å². The van der Waals surface area contributed by atoms with Gasteiger partial charge in [-0.25, -0.2) is 4.98 Å². The molecule has 3 N–H and O–H groups in total. The fraction of sp³-hybridized carbons (Fsp3) is 0.500. The molecule has 0 unspecified atom stereocenters. The SMILES string of the molecule is CN(C)CCOCCNC(=O)c1cc(N)ncc1Cl. The number of aromatic nitrogens is 1. The van der Waals surface area contributed by atoms with Gasteiger partial charge in [-0.1, -0.05) is 11.6 Å². The van der Waals surface area contributed by atoms with Crippen molar-refractivity contribution in [2.24, 2.45) is 0 Å². The van der Waals surface area contributed by atoms with Gasteiger partial charge in [0.2, 0.25) is 0 Å². The maximum atomic E-state index is 11.8. The highest BCUT2D eigenvalue weighted by molar-refractivity contribution is 6.33. The molecule has 0 saturated heterocycles. The number of ether oxygens (including phenoxy) is 1. The van der Waals surface area contributed by atoms with Crippen LogP contribution in [-0.2, 0) is 4.74 Å². The maximum absolute atomic E-state index is 11.8. The van der Waals surface area contributed by atoms with Crippen molar-refractivity contribution in [2.75, 3.05) is 46.1 Å². The van der Waals surface area contributed by atoms with E-state index >= 15 is 0 Å². The largest absolute Gasteiger partial charge is 0.384 e. The Kier molecular flexibility index (Phi) is 6.55. The fourth-order valence-corrected chi connectivity index (χ4v) is 1.50. The summed E-state index contributed by atoms with van der Waals surface area (Å²) in [6.45, 7) is 2.36. The Labute approximate surface area is 117 Å². The first kappa shape index (κ1) is 15.7. The van der Waals surface area contributed by atoms with Crippen LogP contribution in [0.2, 0.25) is 5.02 Å². The van der Waals surface area contributed by atoms with Gasteiger partial charge in [-0.15, -0.1) is 0 Å². The number of hydrogen-bond acceptors (Lipinski definition) is 5. The number of nitrogen functional groups attached to an aromatic ring is 1. The topological polar surface area (TPSA) is 80.5 Å². The van der Waals surface area contributed by atoms with Crippen molar-refractivity contribution >= 4 is 23.3 Å². The first-order valence-corrected chi connectivity index (χ1v) is 6.30.